The Morgan fingerprint density at radius 3 is 2.15 bits per heavy atom. The van der Waals surface area contributed by atoms with Gasteiger partial charge in [0, 0.05) is 5.57 Å². The third-order valence-electron chi connectivity index (χ3n) is 2.92. The number of aromatic carboxylic acids is 1. The average molecular weight is 362 g/mol. The van der Waals surface area contributed by atoms with E-state index in [1.165, 1.54) is 31.2 Å². The second-order valence-corrected chi connectivity index (χ2v) is 5.16. The Kier molecular flexibility index (Phi) is 7.81. The minimum Gasteiger partial charge on any atom is -0.478 e. The Balaban J connectivity index is 2.63. The summed E-state index contributed by atoms with van der Waals surface area (Å²) in [6.07, 6.45) is 0. The van der Waals surface area contributed by atoms with Crippen molar-refractivity contribution in [2.45, 2.75) is 19.9 Å². The Labute approximate surface area is 149 Å². The highest BCUT2D eigenvalue weighted by Crippen LogP contribution is 2.15. The molecule has 0 heterocycles. The number of rotatable bonds is 9. The van der Waals surface area contributed by atoms with Gasteiger partial charge in [-0.1, -0.05) is 6.58 Å². The summed E-state index contributed by atoms with van der Waals surface area (Å²) in [7, 11) is 0. The molecular formula is C17H18N2O7. The molecule has 1 aromatic carbocycles. The molecule has 0 saturated heterocycles. The molecular weight excluding hydrogens is 344 g/mol. The minimum absolute atomic E-state index is 0.0655. The number of esters is 2. The first-order valence-electron chi connectivity index (χ1n) is 7.46. The number of hydrogen-bond donors (Lipinski definition) is 1. The number of benzene rings is 1. The number of carbonyl (C=O) groups is 4. The lowest BCUT2D eigenvalue weighted by atomic mass is 10.2. The van der Waals surface area contributed by atoms with Gasteiger partial charge < -0.3 is 14.6 Å². The van der Waals surface area contributed by atoms with Gasteiger partial charge in [0.1, 0.15) is 13.2 Å². The van der Waals surface area contributed by atoms with E-state index in [1.54, 1.807) is 0 Å². The van der Waals surface area contributed by atoms with Crippen molar-refractivity contribution in [3.8, 4) is 0 Å². The molecule has 138 valence electrons. The first-order valence-corrected chi connectivity index (χ1v) is 7.46. The van der Waals surface area contributed by atoms with Crippen molar-refractivity contribution in [2.75, 3.05) is 13.2 Å². The van der Waals surface area contributed by atoms with Crippen LogP contribution in [-0.4, -0.2) is 48.1 Å². The van der Waals surface area contributed by atoms with Crippen LogP contribution in [0.2, 0.25) is 0 Å². The zero-order valence-electron chi connectivity index (χ0n) is 14.3. The van der Waals surface area contributed by atoms with E-state index in [0.29, 0.717) is 0 Å². The fraction of sp³-hybridized carbons (Fsp3) is 0.294. The third-order valence-corrected chi connectivity index (χ3v) is 2.92. The first-order chi connectivity index (χ1) is 12.2. The highest BCUT2D eigenvalue weighted by atomic mass is 16.6. The smallest absolute Gasteiger partial charge is 0.340 e. The lowest BCUT2D eigenvalue weighted by molar-refractivity contribution is -0.152. The Morgan fingerprint density at radius 1 is 1.08 bits per heavy atom. The molecule has 0 radical (unpaired) electrons. The molecule has 9 heteroatoms. The number of ketones is 1. The monoisotopic (exact) mass is 362 g/mol. The largest absolute Gasteiger partial charge is 0.478 e. The van der Waals surface area contributed by atoms with Gasteiger partial charge in [0.15, 0.2) is 5.78 Å². The molecule has 0 aliphatic carbocycles. The van der Waals surface area contributed by atoms with Gasteiger partial charge >= 0.3 is 17.9 Å². The summed E-state index contributed by atoms with van der Waals surface area (Å²) < 4.78 is 9.59. The number of hydrogen-bond acceptors (Lipinski definition) is 8. The lowest BCUT2D eigenvalue weighted by Gasteiger charge is -2.09. The molecule has 1 atom stereocenters. The SMILES string of the molecule is C=C(C)C(=O)OCCOC(=O)C(N=Nc1ccc(C(=O)O)cc1)C(C)=O. The van der Waals surface area contributed by atoms with Crippen molar-refractivity contribution in [1.29, 1.82) is 0 Å². The van der Waals surface area contributed by atoms with Gasteiger partial charge in [-0.25, -0.2) is 14.4 Å². The predicted molar refractivity (Wildman–Crippen MR) is 89.1 cm³/mol. The maximum absolute atomic E-state index is 11.9. The summed E-state index contributed by atoms with van der Waals surface area (Å²) in [5.74, 6) is -3.23. The maximum Gasteiger partial charge on any atom is 0.340 e. The van der Waals surface area contributed by atoms with Crippen molar-refractivity contribution in [3.63, 3.8) is 0 Å². The highest BCUT2D eigenvalue weighted by Gasteiger charge is 2.24. The molecule has 0 amide bonds. The number of ether oxygens (including phenoxy) is 2. The van der Waals surface area contributed by atoms with Gasteiger partial charge in [0.2, 0.25) is 6.04 Å². The normalized spacial score (nSPS) is 11.6. The molecule has 0 fully saturated rings. The summed E-state index contributed by atoms with van der Waals surface area (Å²) in [5.41, 5.74) is 0.542. The fourth-order valence-electron chi connectivity index (χ4n) is 1.57. The van der Waals surface area contributed by atoms with Crippen LogP contribution in [-0.2, 0) is 23.9 Å². The van der Waals surface area contributed by atoms with Gasteiger partial charge in [-0.05, 0) is 38.1 Å². The highest BCUT2D eigenvalue weighted by molar-refractivity contribution is 6.02. The molecule has 0 aliphatic heterocycles. The summed E-state index contributed by atoms with van der Waals surface area (Å²) >= 11 is 0. The number of carboxylic acids is 1. The van der Waals surface area contributed by atoms with Crippen LogP contribution in [0.5, 0.6) is 0 Å². The van der Waals surface area contributed by atoms with E-state index in [-0.39, 0.29) is 30.0 Å². The van der Waals surface area contributed by atoms with E-state index in [9.17, 15) is 19.2 Å². The standard InChI is InChI=1S/C17H18N2O7/c1-10(2)16(23)25-8-9-26-17(24)14(11(3)20)19-18-13-6-4-12(5-7-13)15(21)22/h4-7,14H,1,8-9H2,2-3H3,(H,21,22). The van der Waals surface area contributed by atoms with Gasteiger partial charge in [-0.15, -0.1) is 0 Å². The second-order valence-electron chi connectivity index (χ2n) is 5.16. The van der Waals surface area contributed by atoms with Crippen LogP contribution in [0, 0.1) is 0 Å². The molecule has 26 heavy (non-hydrogen) atoms. The van der Waals surface area contributed by atoms with E-state index in [1.807, 2.05) is 0 Å². The van der Waals surface area contributed by atoms with Crippen LogP contribution in [0.25, 0.3) is 0 Å². The van der Waals surface area contributed by atoms with Crippen LogP contribution in [0.15, 0.2) is 46.6 Å². The van der Waals surface area contributed by atoms with E-state index < -0.39 is 29.7 Å². The summed E-state index contributed by atoms with van der Waals surface area (Å²) in [6, 6.07) is 3.92. The van der Waals surface area contributed by atoms with Gasteiger partial charge in [-0.2, -0.15) is 10.2 Å². The topological polar surface area (TPSA) is 132 Å². The van der Waals surface area contributed by atoms with Gasteiger partial charge in [0.05, 0.1) is 11.3 Å². The van der Waals surface area contributed by atoms with Crippen LogP contribution < -0.4 is 0 Å². The number of carboxylic acid groups (broad SMARTS) is 1. The summed E-state index contributed by atoms with van der Waals surface area (Å²) in [5, 5.41) is 16.2. The molecule has 0 aromatic heterocycles. The van der Waals surface area contributed by atoms with Crippen LogP contribution >= 0.6 is 0 Å². The van der Waals surface area contributed by atoms with Crippen LogP contribution in [0.3, 0.4) is 0 Å². The summed E-state index contributed by atoms with van der Waals surface area (Å²) in [4.78, 5) is 45.4. The lowest BCUT2D eigenvalue weighted by Crippen LogP contribution is -2.29. The Bertz CT molecular complexity index is 738. The van der Waals surface area contributed by atoms with Crippen molar-refractivity contribution < 1.29 is 33.8 Å². The Morgan fingerprint density at radius 2 is 1.65 bits per heavy atom. The molecule has 1 aromatic rings. The molecule has 1 unspecified atom stereocenters. The number of carbonyl (C=O) groups excluding carboxylic acids is 3. The molecule has 0 saturated carbocycles. The van der Waals surface area contributed by atoms with Crippen molar-refractivity contribution in [1.82, 2.24) is 0 Å². The van der Waals surface area contributed by atoms with Gasteiger partial charge in [0.25, 0.3) is 0 Å². The van der Waals surface area contributed by atoms with E-state index in [4.69, 9.17) is 14.6 Å². The van der Waals surface area contributed by atoms with Crippen LogP contribution in [0.1, 0.15) is 24.2 Å². The maximum atomic E-state index is 11.9. The Hall–Kier alpha value is -3.36. The van der Waals surface area contributed by atoms with E-state index in [0.717, 1.165) is 6.92 Å². The molecule has 1 N–H and O–H groups in total. The zero-order chi connectivity index (χ0) is 19.7. The number of Topliss-reactive ketones (excluding diaryl/α,β-unsaturated/α-hetero) is 1. The predicted octanol–water partition coefficient (Wildman–Crippen LogP) is 2.09. The minimum atomic E-state index is -1.47. The zero-order valence-corrected chi connectivity index (χ0v) is 14.3. The van der Waals surface area contributed by atoms with Crippen molar-refractivity contribution in [2.24, 2.45) is 10.2 Å². The third kappa shape index (κ3) is 6.63. The molecule has 9 nitrogen and oxygen atoms in total. The van der Waals surface area contributed by atoms with Crippen molar-refractivity contribution >= 4 is 29.4 Å². The number of azo groups is 1. The first kappa shape index (κ1) is 20.7. The van der Waals surface area contributed by atoms with E-state index in [2.05, 4.69) is 16.8 Å². The number of nitrogens with zero attached hydrogens (tertiary/aromatic N) is 2. The molecule has 0 spiro atoms. The summed E-state index contributed by atoms with van der Waals surface area (Å²) in [6.45, 7) is 5.60. The average Bonchev–Trinajstić information content (AvgIpc) is 2.58. The molecule has 1 rings (SSSR count). The van der Waals surface area contributed by atoms with Crippen molar-refractivity contribution in [3.05, 3.63) is 42.0 Å². The molecule has 0 aliphatic rings. The fourth-order valence-corrected chi connectivity index (χ4v) is 1.57. The van der Waals surface area contributed by atoms with Crippen LogP contribution in [0.4, 0.5) is 5.69 Å². The molecule has 0 bridgehead atoms. The second kappa shape index (κ2) is 9.82. The quantitative estimate of drug-likeness (QED) is 0.234. The van der Waals surface area contributed by atoms with E-state index >= 15 is 0 Å². The van der Waals surface area contributed by atoms with Gasteiger partial charge in [-0.3, -0.25) is 4.79 Å².